The van der Waals surface area contributed by atoms with Crippen LogP contribution in [0.2, 0.25) is 0 Å². The molecule has 3 N–H and O–H groups in total. The van der Waals surface area contributed by atoms with E-state index in [9.17, 15) is 9.59 Å². The predicted molar refractivity (Wildman–Crippen MR) is 95.2 cm³/mol. The van der Waals surface area contributed by atoms with Gasteiger partial charge in [0.1, 0.15) is 0 Å². The van der Waals surface area contributed by atoms with E-state index in [4.69, 9.17) is 0 Å². The van der Waals surface area contributed by atoms with Crippen LogP contribution in [-0.4, -0.2) is 43.7 Å². The molecule has 5 atom stereocenters. The fourth-order valence-electron chi connectivity index (χ4n) is 6.52. The third-order valence-corrected chi connectivity index (χ3v) is 6.91. The first kappa shape index (κ1) is 16.7. The summed E-state index contributed by atoms with van der Waals surface area (Å²) in [4.78, 5) is 26.6. The van der Waals surface area contributed by atoms with E-state index in [1.807, 2.05) is 6.92 Å². The van der Waals surface area contributed by atoms with Crippen molar-refractivity contribution in [3.8, 4) is 0 Å². The van der Waals surface area contributed by atoms with Crippen LogP contribution in [0.3, 0.4) is 0 Å². The lowest BCUT2D eigenvalue weighted by molar-refractivity contribution is -0.128. The Kier molecular flexibility index (Phi) is 3.42. The molecule has 0 spiro atoms. The van der Waals surface area contributed by atoms with Gasteiger partial charge in [0.15, 0.2) is 6.33 Å². The Balaban J connectivity index is 1.44. The zero-order valence-corrected chi connectivity index (χ0v) is 15.7. The van der Waals surface area contributed by atoms with Gasteiger partial charge in [-0.05, 0) is 69.4 Å². The van der Waals surface area contributed by atoms with Crippen molar-refractivity contribution in [2.24, 2.45) is 11.8 Å². The molecule has 4 fully saturated rings. The molecule has 4 bridgehead atoms. The lowest BCUT2D eigenvalue weighted by Crippen LogP contribution is -2.66. The minimum absolute atomic E-state index is 0.0869. The first-order chi connectivity index (χ1) is 12.9. The lowest BCUT2D eigenvalue weighted by Gasteiger charge is -2.61. The maximum atomic E-state index is 13.2. The summed E-state index contributed by atoms with van der Waals surface area (Å²) in [6.45, 7) is 3.63. The normalized spacial score (nSPS) is 39.9. The molecule has 2 unspecified atom stereocenters. The summed E-state index contributed by atoms with van der Waals surface area (Å²) in [6, 6.07) is -0.568. The van der Waals surface area contributed by atoms with Crippen molar-refractivity contribution in [3.05, 3.63) is 17.6 Å². The van der Waals surface area contributed by atoms with Gasteiger partial charge >= 0.3 is 6.03 Å². The number of tetrazole rings is 1. The Labute approximate surface area is 157 Å². The van der Waals surface area contributed by atoms with E-state index in [1.165, 1.54) is 12.7 Å². The third-order valence-electron chi connectivity index (χ3n) is 6.91. The van der Waals surface area contributed by atoms with Crippen LogP contribution >= 0.6 is 0 Å². The predicted octanol–water partition coefficient (Wildman–Crippen LogP) is 0.813. The number of hydrogen-bond donors (Lipinski definition) is 3. The molecular formula is C18H25N7O2. The van der Waals surface area contributed by atoms with Gasteiger partial charge in [0.2, 0.25) is 0 Å². The second kappa shape index (κ2) is 5.53. The topological polar surface area (TPSA) is 114 Å². The number of carbonyl (C=O) groups is 2. The third kappa shape index (κ3) is 2.55. The van der Waals surface area contributed by atoms with Gasteiger partial charge in [-0.2, -0.15) is 4.80 Å². The quantitative estimate of drug-likeness (QED) is 0.728. The van der Waals surface area contributed by atoms with Crippen LogP contribution in [0.1, 0.15) is 52.4 Å². The number of allylic oxidation sites excluding steroid dienone is 1. The van der Waals surface area contributed by atoms with Crippen LogP contribution < -0.4 is 16.0 Å². The van der Waals surface area contributed by atoms with Gasteiger partial charge in [-0.15, -0.1) is 10.2 Å². The summed E-state index contributed by atoms with van der Waals surface area (Å²) in [6.07, 6.45) is 7.70. The summed E-state index contributed by atoms with van der Waals surface area (Å²) in [5, 5.41) is 21.4. The fourth-order valence-corrected chi connectivity index (χ4v) is 6.52. The molecule has 0 saturated heterocycles. The van der Waals surface area contributed by atoms with Gasteiger partial charge in [-0.3, -0.25) is 4.79 Å². The van der Waals surface area contributed by atoms with Crippen molar-refractivity contribution in [2.45, 2.75) is 69.5 Å². The molecule has 9 nitrogen and oxygen atoms in total. The molecule has 6 rings (SSSR count). The van der Waals surface area contributed by atoms with Crippen LogP contribution in [0.15, 0.2) is 17.6 Å². The molecule has 144 valence electrons. The summed E-state index contributed by atoms with van der Waals surface area (Å²) in [5.74, 6) is 1.07. The summed E-state index contributed by atoms with van der Waals surface area (Å²) in [7, 11) is 0. The van der Waals surface area contributed by atoms with Crippen molar-refractivity contribution >= 4 is 11.9 Å². The monoisotopic (exact) mass is 371 g/mol. The number of aromatic nitrogens is 4. The highest BCUT2D eigenvalue weighted by Gasteiger charge is 2.60. The van der Waals surface area contributed by atoms with E-state index >= 15 is 0 Å². The Morgan fingerprint density at radius 2 is 2.04 bits per heavy atom. The van der Waals surface area contributed by atoms with Crippen molar-refractivity contribution in [3.63, 3.8) is 0 Å². The highest BCUT2D eigenvalue weighted by Crippen LogP contribution is 2.60. The first-order valence-corrected chi connectivity index (χ1v) is 9.72. The van der Waals surface area contributed by atoms with E-state index in [2.05, 4.69) is 31.4 Å². The molecule has 1 aromatic heterocycles. The smallest absolute Gasteiger partial charge is 0.319 e. The number of rotatable bonds is 3. The van der Waals surface area contributed by atoms with Crippen LogP contribution in [-0.2, 0) is 10.3 Å². The Morgan fingerprint density at radius 3 is 2.67 bits per heavy atom. The van der Waals surface area contributed by atoms with Crippen molar-refractivity contribution in [1.29, 1.82) is 0 Å². The van der Waals surface area contributed by atoms with Crippen LogP contribution in [0.4, 0.5) is 4.79 Å². The van der Waals surface area contributed by atoms with Gasteiger partial charge in [0, 0.05) is 11.2 Å². The highest BCUT2D eigenvalue weighted by molar-refractivity contribution is 5.98. The second-order valence-corrected chi connectivity index (χ2v) is 9.00. The molecule has 1 aromatic rings. The van der Waals surface area contributed by atoms with Crippen molar-refractivity contribution in [2.75, 3.05) is 0 Å². The van der Waals surface area contributed by atoms with Crippen molar-refractivity contribution in [1.82, 2.24) is 36.2 Å². The maximum absolute atomic E-state index is 13.2. The molecule has 3 amide bonds. The van der Waals surface area contributed by atoms with Crippen molar-refractivity contribution < 1.29 is 9.59 Å². The molecule has 27 heavy (non-hydrogen) atoms. The number of urea groups is 1. The molecule has 4 saturated carbocycles. The van der Waals surface area contributed by atoms with Gasteiger partial charge in [0.25, 0.3) is 5.91 Å². The molecule has 0 aromatic carbocycles. The lowest BCUT2D eigenvalue weighted by atomic mass is 9.50. The Bertz CT molecular complexity index is 817. The first-order valence-electron chi connectivity index (χ1n) is 9.72. The van der Waals surface area contributed by atoms with E-state index in [0.29, 0.717) is 23.1 Å². The van der Waals surface area contributed by atoms with Gasteiger partial charge in [0.05, 0.1) is 17.2 Å². The maximum Gasteiger partial charge on any atom is 0.319 e. The molecular weight excluding hydrogens is 346 g/mol. The number of nitrogens with one attached hydrogen (secondary N) is 3. The van der Waals surface area contributed by atoms with E-state index < -0.39 is 0 Å². The number of nitrogens with zero attached hydrogens (tertiary/aromatic N) is 4. The Morgan fingerprint density at radius 1 is 1.30 bits per heavy atom. The summed E-state index contributed by atoms with van der Waals surface area (Å²) in [5.41, 5.74) is 0.866. The molecule has 9 heteroatoms. The van der Waals surface area contributed by atoms with Crippen LogP contribution in [0.5, 0.6) is 0 Å². The molecule has 1 aliphatic heterocycles. The van der Waals surface area contributed by atoms with E-state index in [1.54, 1.807) is 11.7 Å². The number of amides is 3. The van der Waals surface area contributed by atoms with Gasteiger partial charge in [-0.1, -0.05) is 0 Å². The molecule has 5 aliphatic rings. The molecule has 2 heterocycles. The molecule has 0 radical (unpaired) electrons. The average molecular weight is 371 g/mol. The molecule has 4 aliphatic carbocycles. The minimum Gasteiger partial charge on any atom is -0.347 e. The number of carbonyl (C=O) groups excluding carboxylic acids is 2. The van der Waals surface area contributed by atoms with Crippen LogP contribution in [0.25, 0.3) is 0 Å². The average Bonchev–Trinajstić information content (AvgIpc) is 3.07. The second-order valence-electron chi connectivity index (χ2n) is 9.00. The van der Waals surface area contributed by atoms with Gasteiger partial charge < -0.3 is 16.0 Å². The van der Waals surface area contributed by atoms with Crippen LogP contribution in [0, 0.1) is 11.8 Å². The summed E-state index contributed by atoms with van der Waals surface area (Å²) >= 11 is 0. The van der Waals surface area contributed by atoms with E-state index in [-0.39, 0.29) is 29.1 Å². The highest BCUT2D eigenvalue weighted by atomic mass is 16.2. The number of hydrogen-bond acceptors (Lipinski definition) is 5. The zero-order chi connectivity index (χ0) is 18.8. The fraction of sp³-hybridized carbons (Fsp3) is 0.722. The largest absolute Gasteiger partial charge is 0.347 e. The summed E-state index contributed by atoms with van der Waals surface area (Å²) < 4.78 is 0. The van der Waals surface area contributed by atoms with E-state index in [0.717, 1.165) is 32.1 Å². The Hall–Kier alpha value is -2.45. The standard InChI is InChI=1S/C18H25N7O2/c1-10-14(11(2)22-16(27)21-10)15(26)23-17-4-12-3-13(5-17)7-18(6-12,8-17)25-20-9-19-24-25/h9-10,12-13H,3-8H2,1-2H3,(H,23,26)(H2,21,22,27)/t10-,12-,13+,17?,18?/m1/s1. The minimum atomic E-state index is -0.307. The zero-order valence-electron chi connectivity index (χ0n) is 15.7. The van der Waals surface area contributed by atoms with Gasteiger partial charge in [-0.25, -0.2) is 4.79 Å². The SMILES string of the molecule is CC1=C(C(=O)NC23C[C@H]4C[C@@H](C2)CC(n2ncnn2)(C4)C3)[C@@H](C)NC(=O)N1.